The highest BCUT2D eigenvalue weighted by Crippen LogP contribution is 2.34. The zero-order chi connectivity index (χ0) is 22.2. The van der Waals surface area contributed by atoms with E-state index in [4.69, 9.17) is 10.7 Å². The van der Waals surface area contributed by atoms with Gasteiger partial charge in [-0.15, -0.1) is 0 Å². The predicted molar refractivity (Wildman–Crippen MR) is 121 cm³/mol. The average molecular weight is 420 g/mol. The first-order valence-corrected chi connectivity index (χ1v) is 10.3. The van der Waals surface area contributed by atoms with Gasteiger partial charge in [0.15, 0.2) is 0 Å². The number of rotatable bonds is 5. The summed E-state index contributed by atoms with van der Waals surface area (Å²) in [4.78, 5) is 19.0. The fraction of sp³-hybridized carbons (Fsp3) is 0.250. The molecule has 0 bridgehead atoms. The van der Waals surface area contributed by atoms with Crippen molar-refractivity contribution in [3.63, 3.8) is 0 Å². The third-order valence-corrected chi connectivity index (χ3v) is 5.25. The second-order valence-electron chi connectivity index (χ2n) is 8.23. The largest absolute Gasteiger partial charge is 0.339 e. The minimum absolute atomic E-state index is 0.189. The highest BCUT2D eigenvalue weighted by Gasteiger charge is 2.30. The third kappa shape index (κ3) is 4.22. The summed E-state index contributed by atoms with van der Waals surface area (Å²) in [6, 6.07) is 14.4. The van der Waals surface area contributed by atoms with Crippen LogP contribution in [-0.2, 0) is 17.8 Å². The minimum atomic E-state index is -0.985. The Balaban J connectivity index is 1.75. The van der Waals surface area contributed by atoms with Gasteiger partial charge < -0.3 is 16.0 Å². The van der Waals surface area contributed by atoms with Crippen LogP contribution in [0.1, 0.15) is 32.2 Å². The van der Waals surface area contributed by atoms with Crippen molar-refractivity contribution in [2.24, 2.45) is 5.73 Å². The van der Waals surface area contributed by atoms with Gasteiger partial charge in [0.25, 0.3) is 0 Å². The van der Waals surface area contributed by atoms with Crippen LogP contribution in [0.25, 0.3) is 17.5 Å². The lowest BCUT2D eigenvalue weighted by Crippen LogP contribution is -2.49. The maximum atomic E-state index is 13.5. The van der Waals surface area contributed by atoms with Gasteiger partial charge in [-0.1, -0.05) is 19.1 Å². The molecule has 0 saturated heterocycles. The van der Waals surface area contributed by atoms with E-state index in [1.165, 1.54) is 17.7 Å². The van der Waals surface area contributed by atoms with E-state index < -0.39 is 5.54 Å². The van der Waals surface area contributed by atoms with Crippen molar-refractivity contribution >= 4 is 23.6 Å². The van der Waals surface area contributed by atoms with Gasteiger partial charge in [0, 0.05) is 23.7 Å². The first-order chi connectivity index (χ1) is 14.8. The molecule has 0 spiro atoms. The normalized spacial score (nSPS) is 13.3. The average Bonchev–Trinajstić information content (AvgIpc) is 3.11. The molecule has 31 heavy (non-hydrogen) atoms. The van der Waals surface area contributed by atoms with Gasteiger partial charge in [-0.05, 0) is 62.2 Å². The number of halogens is 1. The van der Waals surface area contributed by atoms with Crippen LogP contribution in [0.5, 0.6) is 0 Å². The van der Waals surface area contributed by atoms with Gasteiger partial charge in [-0.3, -0.25) is 9.36 Å². The Labute approximate surface area is 181 Å². The van der Waals surface area contributed by atoms with Crippen molar-refractivity contribution in [1.82, 2.24) is 14.5 Å². The number of carbonyl (C=O) groups is 1. The van der Waals surface area contributed by atoms with Crippen LogP contribution < -0.4 is 11.1 Å². The maximum Gasteiger partial charge on any atom is 0.246 e. The molecule has 1 aliphatic rings. The Hall–Kier alpha value is -3.45. The summed E-state index contributed by atoms with van der Waals surface area (Å²) in [5.41, 5.74) is 8.63. The number of aryl methyl sites for hydroxylation is 1. The standard InChI is InChI=1S/C24H26FN5O/c1-4-16-5-11-19(12-6-16)27-22-21(17-7-9-18(25)10-8-17)28-20-15-29(13-14-30(20)22)23(31)24(2,3)26/h5-14,27H,4,15,26H2,1-3H3. The predicted octanol–water partition coefficient (Wildman–Crippen LogP) is 4.50. The number of amides is 1. The van der Waals surface area contributed by atoms with E-state index in [1.807, 2.05) is 16.7 Å². The van der Waals surface area contributed by atoms with Gasteiger partial charge >= 0.3 is 0 Å². The molecule has 160 valence electrons. The van der Waals surface area contributed by atoms with Gasteiger partial charge in [-0.2, -0.15) is 0 Å². The number of carbonyl (C=O) groups excluding carboxylic acids is 1. The first-order valence-electron chi connectivity index (χ1n) is 10.3. The molecule has 6 nitrogen and oxygen atoms in total. The number of imidazole rings is 1. The molecule has 0 unspecified atom stereocenters. The summed E-state index contributed by atoms with van der Waals surface area (Å²) >= 11 is 0. The molecule has 0 radical (unpaired) electrons. The third-order valence-electron chi connectivity index (χ3n) is 5.25. The Bertz CT molecular complexity index is 1120. The van der Waals surface area contributed by atoms with Gasteiger partial charge in [0.05, 0.1) is 12.1 Å². The number of nitrogens with one attached hydrogen (secondary N) is 1. The summed E-state index contributed by atoms with van der Waals surface area (Å²) in [6.45, 7) is 5.77. The van der Waals surface area contributed by atoms with Crippen LogP contribution in [0.15, 0.2) is 54.7 Å². The number of aromatic nitrogens is 2. The zero-order valence-electron chi connectivity index (χ0n) is 17.9. The lowest BCUT2D eigenvalue weighted by atomic mass is 10.1. The van der Waals surface area contributed by atoms with E-state index in [0.717, 1.165) is 23.5 Å². The molecule has 0 saturated carbocycles. The second-order valence-corrected chi connectivity index (χ2v) is 8.23. The van der Waals surface area contributed by atoms with Crippen LogP contribution >= 0.6 is 0 Å². The number of anilines is 2. The van der Waals surface area contributed by atoms with E-state index in [2.05, 4.69) is 24.4 Å². The van der Waals surface area contributed by atoms with Crippen LogP contribution in [-0.4, -0.2) is 25.9 Å². The Morgan fingerprint density at radius 3 is 2.42 bits per heavy atom. The number of nitrogens with zero attached hydrogens (tertiary/aromatic N) is 3. The highest BCUT2D eigenvalue weighted by molar-refractivity contribution is 5.87. The molecule has 3 N–H and O–H groups in total. The molecule has 3 aromatic rings. The Kier molecular flexibility index (Phi) is 5.37. The van der Waals surface area contributed by atoms with Gasteiger partial charge in [0.1, 0.15) is 23.2 Å². The number of hydrogen-bond donors (Lipinski definition) is 2. The first kappa shape index (κ1) is 20.8. The van der Waals surface area contributed by atoms with Crippen molar-refractivity contribution in [3.8, 4) is 11.3 Å². The van der Waals surface area contributed by atoms with Crippen molar-refractivity contribution in [3.05, 3.63) is 71.9 Å². The minimum Gasteiger partial charge on any atom is -0.339 e. The van der Waals surface area contributed by atoms with Crippen molar-refractivity contribution in [2.75, 3.05) is 5.32 Å². The topological polar surface area (TPSA) is 76.2 Å². The number of benzene rings is 2. The number of nitrogens with two attached hydrogens (primary N) is 1. The van der Waals surface area contributed by atoms with E-state index in [0.29, 0.717) is 18.1 Å². The van der Waals surface area contributed by atoms with Crippen LogP contribution in [0, 0.1) is 5.82 Å². The summed E-state index contributed by atoms with van der Waals surface area (Å²) in [7, 11) is 0. The molecule has 7 heteroatoms. The molecule has 1 aromatic heterocycles. The SMILES string of the molecule is CCc1ccc(Nc2c(-c3ccc(F)cc3)nc3n2C=CN(C(=O)C(C)(C)N)C3)cc1. The Morgan fingerprint density at radius 2 is 1.81 bits per heavy atom. The molecule has 0 atom stereocenters. The highest BCUT2D eigenvalue weighted by atomic mass is 19.1. The molecule has 4 rings (SSSR count). The van der Waals surface area contributed by atoms with Crippen LogP contribution in [0.3, 0.4) is 0 Å². The molecule has 0 aliphatic carbocycles. The molecule has 2 heterocycles. The lowest BCUT2D eigenvalue weighted by Gasteiger charge is -2.28. The fourth-order valence-electron chi connectivity index (χ4n) is 3.50. The maximum absolute atomic E-state index is 13.5. The molecule has 2 aromatic carbocycles. The van der Waals surface area contributed by atoms with E-state index in [1.54, 1.807) is 43.3 Å². The van der Waals surface area contributed by atoms with Crippen molar-refractivity contribution in [1.29, 1.82) is 0 Å². The van der Waals surface area contributed by atoms with E-state index >= 15 is 0 Å². The molecule has 1 aliphatic heterocycles. The van der Waals surface area contributed by atoms with Crippen LogP contribution in [0.4, 0.5) is 15.9 Å². The summed E-state index contributed by atoms with van der Waals surface area (Å²) in [5.74, 6) is 0.943. The van der Waals surface area contributed by atoms with Gasteiger partial charge in [-0.25, -0.2) is 9.37 Å². The Morgan fingerprint density at radius 1 is 1.13 bits per heavy atom. The number of hydrogen-bond acceptors (Lipinski definition) is 4. The molecule has 0 fully saturated rings. The molecular weight excluding hydrogens is 393 g/mol. The molecular formula is C24H26FN5O. The van der Waals surface area contributed by atoms with E-state index in [-0.39, 0.29) is 11.7 Å². The summed E-state index contributed by atoms with van der Waals surface area (Å²) < 4.78 is 15.4. The lowest BCUT2D eigenvalue weighted by molar-refractivity contribution is -0.133. The fourth-order valence-corrected chi connectivity index (χ4v) is 3.50. The smallest absolute Gasteiger partial charge is 0.246 e. The van der Waals surface area contributed by atoms with Gasteiger partial charge in [0.2, 0.25) is 5.91 Å². The number of fused-ring (bicyclic) bond motifs is 1. The van der Waals surface area contributed by atoms with Crippen molar-refractivity contribution < 1.29 is 9.18 Å². The molecule has 1 amide bonds. The monoisotopic (exact) mass is 419 g/mol. The van der Waals surface area contributed by atoms with Crippen molar-refractivity contribution in [2.45, 2.75) is 39.3 Å². The zero-order valence-corrected chi connectivity index (χ0v) is 17.9. The second kappa shape index (κ2) is 8.00. The quantitative estimate of drug-likeness (QED) is 0.638. The summed E-state index contributed by atoms with van der Waals surface area (Å²) in [6.07, 6.45) is 4.48. The van der Waals surface area contributed by atoms with E-state index in [9.17, 15) is 9.18 Å². The summed E-state index contributed by atoms with van der Waals surface area (Å²) in [5, 5.41) is 3.45. The van der Waals surface area contributed by atoms with Crippen LogP contribution in [0.2, 0.25) is 0 Å².